The summed E-state index contributed by atoms with van der Waals surface area (Å²) in [6.45, 7) is 1.29. The molecule has 0 aliphatic carbocycles. The number of hydrazone groups is 1. The second-order valence-electron chi connectivity index (χ2n) is 6.59. The van der Waals surface area contributed by atoms with Gasteiger partial charge in [-0.05, 0) is 36.8 Å². The second-order valence-corrected chi connectivity index (χ2v) is 8.46. The van der Waals surface area contributed by atoms with Crippen molar-refractivity contribution >= 4 is 27.3 Å². The number of amides is 1. The normalized spacial score (nSPS) is 11.6. The van der Waals surface area contributed by atoms with E-state index in [0.717, 1.165) is 9.87 Å². The Bertz CT molecular complexity index is 1160. The zero-order valence-corrected chi connectivity index (χ0v) is 18.0. The number of hydrogen-bond acceptors (Lipinski definition) is 5. The molecule has 7 nitrogen and oxygen atoms in total. The van der Waals surface area contributed by atoms with E-state index in [-0.39, 0.29) is 10.6 Å². The van der Waals surface area contributed by atoms with Crippen LogP contribution in [0.2, 0.25) is 0 Å². The number of carbonyl (C=O) groups is 1. The quantitative estimate of drug-likeness (QED) is 0.432. The fourth-order valence-corrected chi connectivity index (χ4v) is 4.36. The minimum absolute atomic E-state index is 0.0673. The number of benzene rings is 3. The fraction of sp³-hybridized carbons (Fsp3) is 0.130. The number of para-hydroxylation sites is 2. The molecule has 0 aromatic heterocycles. The Morgan fingerprint density at radius 2 is 1.52 bits per heavy atom. The molecule has 0 unspecified atom stereocenters. The minimum atomic E-state index is -4.03. The van der Waals surface area contributed by atoms with Crippen molar-refractivity contribution < 1.29 is 17.9 Å². The predicted octanol–water partition coefficient (Wildman–Crippen LogP) is 3.43. The van der Waals surface area contributed by atoms with Gasteiger partial charge in [-0.2, -0.15) is 5.10 Å². The predicted molar refractivity (Wildman–Crippen MR) is 121 cm³/mol. The van der Waals surface area contributed by atoms with Crippen molar-refractivity contribution in [1.29, 1.82) is 0 Å². The molecule has 0 saturated carbocycles. The second kappa shape index (κ2) is 9.90. The highest BCUT2D eigenvalue weighted by molar-refractivity contribution is 7.92. The number of anilines is 1. The van der Waals surface area contributed by atoms with Gasteiger partial charge in [0.1, 0.15) is 12.3 Å². The molecule has 0 radical (unpaired) electrons. The molecular formula is C23H23N3O4S. The maximum atomic E-state index is 13.4. The van der Waals surface area contributed by atoms with Crippen molar-refractivity contribution in [3.8, 4) is 5.75 Å². The molecule has 0 bridgehead atoms. The number of nitrogens with one attached hydrogen (secondary N) is 1. The Hall–Kier alpha value is -3.65. The lowest BCUT2D eigenvalue weighted by atomic mass is 10.1. The van der Waals surface area contributed by atoms with Gasteiger partial charge in [-0.25, -0.2) is 13.8 Å². The Labute approximate surface area is 182 Å². The smallest absolute Gasteiger partial charge is 0.264 e. The van der Waals surface area contributed by atoms with Crippen LogP contribution in [0.5, 0.6) is 5.75 Å². The van der Waals surface area contributed by atoms with E-state index in [4.69, 9.17) is 4.74 Å². The molecule has 1 N–H and O–H groups in total. The van der Waals surface area contributed by atoms with Crippen LogP contribution in [0, 0.1) is 0 Å². The van der Waals surface area contributed by atoms with Crippen molar-refractivity contribution in [2.45, 2.75) is 11.8 Å². The lowest BCUT2D eigenvalue weighted by Crippen LogP contribution is -2.40. The largest absolute Gasteiger partial charge is 0.495 e. The highest BCUT2D eigenvalue weighted by Gasteiger charge is 2.29. The third kappa shape index (κ3) is 5.29. The summed E-state index contributed by atoms with van der Waals surface area (Å²) in [6, 6.07) is 23.9. The first-order valence-electron chi connectivity index (χ1n) is 9.53. The highest BCUT2D eigenvalue weighted by Crippen LogP contribution is 2.31. The van der Waals surface area contributed by atoms with Crippen LogP contribution in [-0.2, 0) is 14.8 Å². The number of sulfonamides is 1. The van der Waals surface area contributed by atoms with Gasteiger partial charge in [0.2, 0.25) is 0 Å². The first kappa shape index (κ1) is 22.0. The number of ether oxygens (including phenoxy) is 1. The summed E-state index contributed by atoms with van der Waals surface area (Å²) in [5.74, 6) is -0.250. The Kier molecular flexibility index (Phi) is 7.04. The molecule has 0 heterocycles. The number of hydrogen-bond donors (Lipinski definition) is 1. The molecule has 1 amide bonds. The van der Waals surface area contributed by atoms with Crippen LogP contribution in [0.15, 0.2) is 94.9 Å². The summed E-state index contributed by atoms with van der Waals surface area (Å²) in [4.78, 5) is 12.7. The molecule has 8 heteroatoms. The molecule has 0 saturated heterocycles. The molecule has 0 atom stereocenters. The van der Waals surface area contributed by atoms with Crippen molar-refractivity contribution in [3.63, 3.8) is 0 Å². The average Bonchev–Trinajstić information content (AvgIpc) is 2.82. The standard InChI is InChI=1S/C23H23N3O4S/c1-18(19-11-5-3-6-12-19)24-25-23(27)17-26(21-15-9-10-16-22(21)30-2)31(28,29)20-13-7-4-8-14-20/h3-16H,17H2,1-2H3,(H,25,27)/b24-18-. The van der Waals surface area contributed by atoms with E-state index in [0.29, 0.717) is 11.5 Å². The van der Waals surface area contributed by atoms with Gasteiger partial charge < -0.3 is 4.74 Å². The third-order valence-corrected chi connectivity index (χ3v) is 6.29. The molecule has 0 aliphatic rings. The van der Waals surface area contributed by atoms with Crippen LogP contribution in [-0.4, -0.2) is 33.7 Å². The van der Waals surface area contributed by atoms with E-state index >= 15 is 0 Å². The monoisotopic (exact) mass is 437 g/mol. The van der Waals surface area contributed by atoms with Gasteiger partial charge in [-0.1, -0.05) is 60.7 Å². The molecule has 3 rings (SSSR count). The maximum Gasteiger partial charge on any atom is 0.264 e. The van der Waals surface area contributed by atoms with E-state index in [2.05, 4.69) is 10.5 Å². The van der Waals surface area contributed by atoms with Crippen LogP contribution in [0.1, 0.15) is 12.5 Å². The van der Waals surface area contributed by atoms with Crippen molar-refractivity contribution in [3.05, 3.63) is 90.5 Å². The number of rotatable bonds is 8. The lowest BCUT2D eigenvalue weighted by molar-refractivity contribution is -0.119. The molecular weight excluding hydrogens is 414 g/mol. The van der Waals surface area contributed by atoms with Crippen LogP contribution < -0.4 is 14.5 Å². The maximum absolute atomic E-state index is 13.4. The first-order chi connectivity index (χ1) is 14.9. The minimum Gasteiger partial charge on any atom is -0.495 e. The molecule has 3 aromatic rings. The summed E-state index contributed by atoms with van der Waals surface area (Å²) < 4.78 is 33.0. The topological polar surface area (TPSA) is 88.1 Å². The first-order valence-corrected chi connectivity index (χ1v) is 11.0. The van der Waals surface area contributed by atoms with Crippen LogP contribution in [0.3, 0.4) is 0 Å². The van der Waals surface area contributed by atoms with Crippen molar-refractivity contribution in [2.75, 3.05) is 18.0 Å². The van der Waals surface area contributed by atoms with Gasteiger partial charge in [0.15, 0.2) is 0 Å². The van der Waals surface area contributed by atoms with Crippen molar-refractivity contribution in [1.82, 2.24) is 5.43 Å². The summed E-state index contributed by atoms with van der Waals surface area (Å²) >= 11 is 0. The van der Waals surface area contributed by atoms with Gasteiger partial charge in [0.05, 0.1) is 23.4 Å². The van der Waals surface area contributed by atoms with E-state index in [1.54, 1.807) is 49.4 Å². The van der Waals surface area contributed by atoms with Crippen LogP contribution >= 0.6 is 0 Å². The van der Waals surface area contributed by atoms with Gasteiger partial charge in [-0.3, -0.25) is 9.10 Å². The average molecular weight is 438 g/mol. The molecule has 0 fully saturated rings. The summed E-state index contributed by atoms with van der Waals surface area (Å²) in [7, 11) is -2.58. The van der Waals surface area contributed by atoms with Gasteiger partial charge >= 0.3 is 0 Å². The summed E-state index contributed by atoms with van der Waals surface area (Å²) in [5, 5.41) is 4.10. The number of carbonyl (C=O) groups excluding carboxylic acids is 1. The van der Waals surface area contributed by atoms with Gasteiger partial charge in [-0.15, -0.1) is 0 Å². The van der Waals surface area contributed by atoms with E-state index < -0.39 is 22.5 Å². The fourth-order valence-electron chi connectivity index (χ4n) is 2.91. The number of nitrogens with zero attached hydrogens (tertiary/aromatic N) is 2. The van der Waals surface area contributed by atoms with Gasteiger partial charge in [0, 0.05) is 0 Å². The SMILES string of the molecule is COc1ccccc1N(CC(=O)N/N=C(/C)c1ccccc1)S(=O)(=O)c1ccccc1. The molecule has 31 heavy (non-hydrogen) atoms. The third-order valence-electron chi connectivity index (χ3n) is 4.51. The van der Waals surface area contributed by atoms with E-state index in [1.807, 2.05) is 30.3 Å². The number of methoxy groups -OCH3 is 1. The zero-order valence-electron chi connectivity index (χ0n) is 17.2. The zero-order chi connectivity index (χ0) is 22.3. The van der Waals surface area contributed by atoms with Crippen LogP contribution in [0.4, 0.5) is 5.69 Å². The molecule has 3 aromatic carbocycles. The molecule has 0 spiro atoms. The Morgan fingerprint density at radius 1 is 0.935 bits per heavy atom. The van der Waals surface area contributed by atoms with Crippen molar-refractivity contribution in [2.24, 2.45) is 5.10 Å². The lowest BCUT2D eigenvalue weighted by Gasteiger charge is -2.25. The summed E-state index contributed by atoms with van der Waals surface area (Å²) in [6.07, 6.45) is 0. The molecule has 0 aliphatic heterocycles. The Morgan fingerprint density at radius 3 is 2.16 bits per heavy atom. The summed E-state index contributed by atoms with van der Waals surface area (Å²) in [5.41, 5.74) is 4.15. The van der Waals surface area contributed by atoms with Crippen LogP contribution in [0.25, 0.3) is 0 Å². The van der Waals surface area contributed by atoms with Gasteiger partial charge in [0.25, 0.3) is 15.9 Å². The highest BCUT2D eigenvalue weighted by atomic mass is 32.2. The Balaban J connectivity index is 1.91. The molecule has 160 valence electrons. The van der Waals surface area contributed by atoms with E-state index in [1.165, 1.54) is 19.2 Å². The van der Waals surface area contributed by atoms with E-state index in [9.17, 15) is 13.2 Å².